The van der Waals surface area contributed by atoms with Crippen LogP contribution in [0, 0.1) is 11.6 Å². The molecule has 224 valence electrons. The normalized spacial score (nSPS) is 11.6. The van der Waals surface area contributed by atoms with Gasteiger partial charge in [-0.3, -0.25) is 14.2 Å². The summed E-state index contributed by atoms with van der Waals surface area (Å²) in [5.41, 5.74) is 2.50. The molecular formula is C32H28F3N7O2. The summed E-state index contributed by atoms with van der Waals surface area (Å²) in [5, 5.41) is 6.24. The van der Waals surface area contributed by atoms with E-state index in [-0.39, 0.29) is 12.1 Å². The van der Waals surface area contributed by atoms with E-state index >= 15 is 0 Å². The first-order chi connectivity index (χ1) is 21.1. The van der Waals surface area contributed by atoms with Gasteiger partial charge in [0.2, 0.25) is 5.95 Å². The van der Waals surface area contributed by atoms with Gasteiger partial charge >= 0.3 is 0 Å². The van der Waals surface area contributed by atoms with Gasteiger partial charge in [0.15, 0.2) is 11.6 Å². The van der Waals surface area contributed by atoms with Gasteiger partial charge in [0.1, 0.15) is 11.4 Å². The summed E-state index contributed by atoms with van der Waals surface area (Å²) in [6.45, 7) is 0.235. The highest BCUT2D eigenvalue weighted by Crippen LogP contribution is 2.20. The lowest BCUT2D eigenvalue weighted by Crippen LogP contribution is -2.34. The van der Waals surface area contributed by atoms with Crippen LogP contribution in [-0.4, -0.2) is 51.0 Å². The molecule has 0 saturated heterocycles. The number of nitrogens with one attached hydrogen (secondary N) is 2. The Morgan fingerprint density at radius 3 is 2.50 bits per heavy atom. The highest BCUT2D eigenvalue weighted by atomic mass is 19.2. The number of fused-ring (bicyclic) bond motifs is 1. The number of hydrogen-bond donors (Lipinski definition) is 2. The fourth-order valence-electron chi connectivity index (χ4n) is 4.44. The molecular weight excluding hydrogens is 571 g/mol. The molecule has 0 unspecified atom stereocenters. The lowest BCUT2D eigenvalue weighted by molar-refractivity contribution is 0.0952. The molecule has 0 bridgehead atoms. The van der Waals surface area contributed by atoms with Crippen molar-refractivity contribution in [1.82, 2.24) is 29.7 Å². The first-order valence-electron chi connectivity index (χ1n) is 13.5. The van der Waals surface area contributed by atoms with E-state index in [1.54, 1.807) is 24.4 Å². The topological polar surface area (TPSA) is 105 Å². The number of anilines is 2. The number of nitrogens with zero attached hydrogens (tertiary/aromatic N) is 5. The van der Waals surface area contributed by atoms with Crippen molar-refractivity contribution >= 4 is 34.5 Å². The SMILES string of the molecule is CN(C)Cc1ccc(Nc2ncc3cc(/C=C(\F)CNC(=O)c4cncn(Cc5ccc(F)c(F)c5)c4=O)ccc3n2)cc1. The number of hydrogen-bond acceptors (Lipinski definition) is 7. The molecule has 44 heavy (non-hydrogen) atoms. The highest BCUT2D eigenvalue weighted by molar-refractivity contribution is 5.93. The molecule has 0 atom stereocenters. The Bertz CT molecular complexity index is 1910. The first kappa shape index (κ1) is 30.1. The number of aromatic nitrogens is 4. The van der Waals surface area contributed by atoms with Crippen molar-refractivity contribution in [1.29, 1.82) is 0 Å². The van der Waals surface area contributed by atoms with E-state index in [1.807, 2.05) is 38.4 Å². The van der Waals surface area contributed by atoms with E-state index in [1.165, 1.54) is 24.0 Å². The maximum atomic E-state index is 14.7. The molecule has 12 heteroatoms. The van der Waals surface area contributed by atoms with E-state index in [4.69, 9.17) is 0 Å². The number of carbonyl (C=O) groups excluding carboxylic acids is 1. The van der Waals surface area contributed by atoms with E-state index < -0.39 is 35.5 Å². The van der Waals surface area contributed by atoms with Crippen molar-refractivity contribution in [2.24, 2.45) is 0 Å². The average Bonchev–Trinajstić information content (AvgIpc) is 2.99. The zero-order valence-corrected chi connectivity index (χ0v) is 23.9. The fourth-order valence-corrected chi connectivity index (χ4v) is 4.44. The molecule has 1 amide bonds. The summed E-state index contributed by atoms with van der Waals surface area (Å²) < 4.78 is 42.6. The van der Waals surface area contributed by atoms with Crippen LogP contribution < -0.4 is 16.2 Å². The maximum absolute atomic E-state index is 14.7. The van der Waals surface area contributed by atoms with Gasteiger partial charge in [-0.15, -0.1) is 0 Å². The molecule has 5 rings (SSSR count). The van der Waals surface area contributed by atoms with Gasteiger partial charge in [-0.25, -0.2) is 28.1 Å². The lowest BCUT2D eigenvalue weighted by Gasteiger charge is -2.11. The summed E-state index contributed by atoms with van der Waals surface area (Å²) in [6, 6.07) is 16.3. The molecule has 2 N–H and O–H groups in total. The quantitative estimate of drug-likeness (QED) is 0.231. The van der Waals surface area contributed by atoms with Crippen molar-refractivity contribution in [2.75, 3.05) is 26.0 Å². The summed E-state index contributed by atoms with van der Waals surface area (Å²) in [4.78, 5) is 40.3. The van der Waals surface area contributed by atoms with Gasteiger partial charge in [-0.2, -0.15) is 0 Å². The molecule has 0 fully saturated rings. The second-order valence-electron chi connectivity index (χ2n) is 10.3. The van der Waals surface area contributed by atoms with Gasteiger partial charge in [0.05, 0.1) is 24.9 Å². The minimum absolute atomic E-state index is 0.133. The third-order valence-corrected chi connectivity index (χ3v) is 6.54. The zero-order chi connectivity index (χ0) is 31.2. The van der Waals surface area contributed by atoms with Crippen LogP contribution in [0.4, 0.5) is 24.8 Å². The van der Waals surface area contributed by atoms with Gasteiger partial charge in [-0.1, -0.05) is 24.3 Å². The Hall–Kier alpha value is -5.36. The zero-order valence-electron chi connectivity index (χ0n) is 23.9. The minimum atomic E-state index is -1.06. The van der Waals surface area contributed by atoms with Gasteiger partial charge in [0.25, 0.3) is 11.5 Å². The van der Waals surface area contributed by atoms with Crippen LogP contribution in [0.1, 0.15) is 27.0 Å². The molecule has 0 aliphatic rings. The third kappa shape index (κ3) is 7.53. The Labute approximate surface area is 250 Å². The largest absolute Gasteiger partial charge is 0.345 e. The molecule has 0 spiro atoms. The van der Waals surface area contributed by atoms with E-state index in [0.717, 1.165) is 35.1 Å². The summed E-state index contributed by atoms with van der Waals surface area (Å²) in [7, 11) is 4.02. The second-order valence-corrected chi connectivity index (χ2v) is 10.3. The van der Waals surface area contributed by atoms with E-state index in [9.17, 15) is 22.8 Å². The summed E-state index contributed by atoms with van der Waals surface area (Å²) in [6.07, 6.45) is 5.13. The fraction of sp³-hybridized carbons (Fsp3) is 0.156. The summed E-state index contributed by atoms with van der Waals surface area (Å²) in [5.74, 6) is -3.13. The smallest absolute Gasteiger partial charge is 0.266 e. The van der Waals surface area contributed by atoms with E-state index in [2.05, 4.69) is 30.5 Å². The Morgan fingerprint density at radius 1 is 0.977 bits per heavy atom. The monoisotopic (exact) mass is 599 g/mol. The number of amides is 1. The molecule has 9 nitrogen and oxygen atoms in total. The number of rotatable bonds is 10. The minimum Gasteiger partial charge on any atom is -0.345 e. The lowest BCUT2D eigenvalue weighted by atomic mass is 10.1. The number of carbonyl (C=O) groups is 1. The predicted octanol–water partition coefficient (Wildman–Crippen LogP) is 5.06. The van der Waals surface area contributed by atoms with Crippen molar-refractivity contribution in [2.45, 2.75) is 13.1 Å². The standard InChI is InChI=1S/C32H28F3N7O2/c1-41(2)17-20-3-7-25(8-4-20)39-32-38-14-23-11-21(6-10-29(23)40-32)12-24(33)15-37-30(43)26-16-36-19-42(31(26)44)18-22-5-9-27(34)28(35)13-22/h3-14,16,19H,15,17-18H2,1-2H3,(H,37,43)(H,38,39,40)/b24-12-. The molecule has 0 aliphatic heterocycles. The van der Waals surface area contributed by atoms with Crippen molar-refractivity contribution in [3.63, 3.8) is 0 Å². The highest BCUT2D eigenvalue weighted by Gasteiger charge is 2.14. The van der Waals surface area contributed by atoms with Crippen molar-refractivity contribution in [3.05, 3.63) is 129 Å². The Kier molecular flexibility index (Phi) is 9.10. The van der Waals surface area contributed by atoms with Gasteiger partial charge in [0, 0.05) is 30.0 Å². The van der Waals surface area contributed by atoms with Gasteiger partial charge in [-0.05, 0) is 73.3 Å². The summed E-state index contributed by atoms with van der Waals surface area (Å²) >= 11 is 0. The molecule has 0 saturated carbocycles. The first-order valence-corrected chi connectivity index (χ1v) is 13.5. The Balaban J connectivity index is 1.21. The van der Waals surface area contributed by atoms with Crippen LogP contribution in [0.25, 0.3) is 17.0 Å². The van der Waals surface area contributed by atoms with Crippen molar-refractivity contribution < 1.29 is 18.0 Å². The molecule has 2 aromatic heterocycles. The van der Waals surface area contributed by atoms with Crippen molar-refractivity contribution in [3.8, 4) is 0 Å². The van der Waals surface area contributed by atoms with Crippen LogP contribution in [0.3, 0.4) is 0 Å². The van der Waals surface area contributed by atoms with Crippen LogP contribution in [0.15, 0.2) is 90.0 Å². The number of halogens is 3. The molecule has 0 radical (unpaired) electrons. The molecule has 0 aliphatic carbocycles. The predicted molar refractivity (Wildman–Crippen MR) is 162 cm³/mol. The van der Waals surface area contributed by atoms with E-state index in [0.29, 0.717) is 28.0 Å². The molecule has 2 heterocycles. The number of benzene rings is 3. The van der Waals surface area contributed by atoms with Crippen LogP contribution >= 0.6 is 0 Å². The second kappa shape index (κ2) is 13.3. The molecule has 5 aromatic rings. The van der Waals surface area contributed by atoms with Gasteiger partial charge < -0.3 is 15.5 Å². The Morgan fingerprint density at radius 2 is 1.75 bits per heavy atom. The maximum Gasteiger partial charge on any atom is 0.266 e. The van der Waals surface area contributed by atoms with Crippen LogP contribution in [0.2, 0.25) is 0 Å². The van der Waals surface area contributed by atoms with Crippen LogP contribution in [-0.2, 0) is 13.1 Å². The average molecular weight is 600 g/mol. The third-order valence-electron chi connectivity index (χ3n) is 6.54. The molecule has 3 aromatic carbocycles. The van der Waals surface area contributed by atoms with Crippen LogP contribution in [0.5, 0.6) is 0 Å².